The van der Waals surface area contributed by atoms with Gasteiger partial charge in [0.05, 0.1) is 6.54 Å². The largest absolute Gasteiger partial charge is 0.350 e. The molecule has 2 amide bonds. The maximum atomic E-state index is 10.9. The third-order valence-corrected chi connectivity index (χ3v) is 5.84. The van der Waals surface area contributed by atoms with E-state index in [0.29, 0.717) is 11.5 Å². The van der Waals surface area contributed by atoms with Gasteiger partial charge < -0.3 is 5.73 Å². The molecule has 5 heteroatoms. The number of fused-ring (bicyclic) bond motifs is 3. The van der Waals surface area contributed by atoms with Crippen molar-refractivity contribution in [2.75, 3.05) is 6.54 Å². The number of benzene rings is 3. The van der Waals surface area contributed by atoms with Crippen LogP contribution in [0.3, 0.4) is 0 Å². The van der Waals surface area contributed by atoms with Crippen molar-refractivity contribution in [2.45, 2.75) is 12.8 Å². The van der Waals surface area contributed by atoms with Gasteiger partial charge in [0.15, 0.2) is 0 Å². The molecule has 1 heterocycles. The lowest BCUT2D eigenvalue weighted by atomic mass is 10.0. The highest BCUT2D eigenvalue weighted by molar-refractivity contribution is 7.25. The van der Waals surface area contributed by atoms with Gasteiger partial charge in [0.2, 0.25) is 0 Å². The molecule has 0 bridgehead atoms. The Kier molecular flexibility index (Phi) is 4.79. The van der Waals surface area contributed by atoms with Crippen molar-refractivity contribution in [3.05, 3.63) is 83.4 Å². The molecular formula is C22H20N2O2S. The van der Waals surface area contributed by atoms with Crippen LogP contribution in [0.25, 0.3) is 20.2 Å². The Labute approximate surface area is 161 Å². The molecule has 0 aliphatic rings. The van der Waals surface area contributed by atoms with Crippen molar-refractivity contribution in [2.24, 2.45) is 5.73 Å². The van der Waals surface area contributed by atoms with Crippen LogP contribution in [0.1, 0.15) is 16.7 Å². The van der Waals surface area contributed by atoms with Gasteiger partial charge in [-0.25, -0.2) is 9.86 Å². The molecule has 27 heavy (non-hydrogen) atoms. The second kappa shape index (κ2) is 7.39. The van der Waals surface area contributed by atoms with Gasteiger partial charge >= 0.3 is 6.03 Å². The number of hydrogen-bond donors (Lipinski definition) is 2. The van der Waals surface area contributed by atoms with Crippen LogP contribution < -0.4 is 5.73 Å². The fourth-order valence-electron chi connectivity index (χ4n) is 3.31. The van der Waals surface area contributed by atoms with Crippen LogP contribution >= 0.6 is 11.3 Å². The first-order valence-corrected chi connectivity index (χ1v) is 9.65. The van der Waals surface area contributed by atoms with E-state index in [2.05, 4.69) is 54.6 Å². The normalized spacial score (nSPS) is 11.1. The zero-order valence-electron chi connectivity index (χ0n) is 14.8. The third-order valence-electron chi connectivity index (χ3n) is 4.72. The number of hydroxylamine groups is 2. The number of thiophene rings is 1. The average molecular weight is 376 g/mol. The van der Waals surface area contributed by atoms with Gasteiger partial charge in [-0.05, 0) is 41.7 Å². The number of nitrogens with zero attached hydrogens (tertiary/aromatic N) is 1. The molecular weight excluding hydrogens is 356 g/mol. The molecule has 0 saturated carbocycles. The first-order valence-electron chi connectivity index (χ1n) is 8.84. The summed E-state index contributed by atoms with van der Waals surface area (Å²) in [5, 5.41) is 12.5. The summed E-state index contributed by atoms with van der Waals surface area (Å²) < 4.78 is 2.49. The topological polar surface area (TPSA) is 66.6 Å². The minimum absolute atomic E-state index is 0.187. The summed E-state index contributed by atoms with van der Waals surface area (Å²) in [4.78, 5) is 10.9. The summed E-state index contributed by atoms with van der Waals surface area (Å²) >= 11 is 1.77. The fourth-order valence-corrected chi connectivity index (χ4v) is 4.54. The van der Waals surface area contributed by atoms with Crippen LogP contribution in [-0.2, 0) is 12.8 Å². The zero-order valence-corrected chi connectivity index (χ0v) is 15.6. The Morgan fingerprint density at radius 1 is 0.889 bits per heavy atom. The molecule has 0 fully saturated rings. The number of nitrogens with two attached hydrogens (primary N) is 1. The third kappa shape index (κ3) is 3.79. The Bertz CT molecular complexity index is 1110. The van der Waals surface area contributed by atoms with Crippen molar-refractivity contribution in [1.82, 2.24) is 5.06 Å². The molecule has 4 aromatic rings. The quantitative estimate of drug-likeness (QED) is 0.382. The molecule has 0 spiro atoms. The Morgan fingerprint density at radius 2 is 1.52 bits per heavy atom. The van der Waals surface area contributed by atoms with Gasteiger partial charge in [0, 0.05) is 20.2 Å². The molecule has 136 valence electrons. The summed E-state index contributed by atoms with van der Waals surface area (Å²) in [7, 11) is 0. The van der Waals surface area contributed by atoms with Crippen LogP contribution in [0, 0.1) is 0 Å². The number of rotatable bonds is 5. The Morgan fingerprint density at radius 3 is 2.19 bits per heavy atom. The summed E-state index contributed by atoms with van der Waals surface area (Å²) in [5.41, 5.74) is 8.73. The summed E-state index contributed by atoms with van der Waals surface area (Å²) in [6.45, 7) is 0.187. The van der Waals surface area contributed by atoms with Crippen LogP contribution in [-0.4, -0.2) is 22.8 Å². The maximum Gasteiger partial charge on any atom is 0.338 e. The van der Waals surface area contributed by atoms with E-state index >= 15 is 0 Å². The van der Waals surface area contributed by atoms with Crippen molar-refractivity contribution in [1.29, 1.82) is 0 Å². The van der Waals surface area contributed by atoms with Crippen LogP contribution in [0.4, 0.5) is 4.79 Å². The van der Waals surface area contributed by atoms with Gasteiger partial charge in [0.25, 0.3) is 0 Å². The fraction of sp³-hybridized carbons (Fsp3) is 0.136. The zero-order chi connectivity index (χ0) is 18.8. The van der Waals surface area contributed by atoms with E-state index in [1.165, 1.54) is 31.3 Å². The average Bonchev–Trinajstić information content (AvgIpc) is 3.03. The second-order valence-electron chi connectivity index (χ2n) is 6.64. The van der Waals surface area contributed by atoms with Gasteiger partial charge in [-0.2, -0.15) is 0 Å². The van der Waals surface area contributed by atoms with E-state index in [1.807, 2.05) is 12.1 Å². The van der Waals surface area contributed by atoms with Gasteiger partial charge in [-0.1, -0.05) is 54.6 Å². The maximum absolute atomic E-state index is 10.9. The molecule has 3 aromatic carbocycles. The molecule has 4 nitrogen and oxygen atoms in total. The minimum atomic E-state index is -0.830. The van der Waals surface area contributed by atoms with Crippen LogP contribution in [0.5, 0.6) is 0 Å². The molecule has 1 aromatic heterocycles. The van der Waals surface area contributed by atoms with Gasteiger partial charge in [0.1, 0.15) is 0 Å². The van der Waals surface area contributed by atoms with Gasteiger partial charge in [-0.3, -0.25) is 5.21 Å². The van der Waals surface area contributed by atoms with E-state index in [4.69, 9.17) is 5.73 Å². The Balaban J connectivity index is 1.61. The summed E-state index contributed by atoms with van der Waals surface area (Å²) in [5.74, 6) is 0. The SMILES string of the molecule is NC(=O)N(O)CCc1ccc2c(c1)sc1cc(Cc3ccccc3)ccc12. The van der Waals surface area contributed by atoms with Crippen LogP contribution in [0.15, 0.2) is 66.7 Å². The van der Waals surface area contributed by atoms with Crippen molar-refractivity contribution in [3.63, 3.8) is 0 Å². The summed E-state index contributed by atoms with van der Waals surface area (Å²) in [6.07, 6.45) is 1.48. The highest BCUT2D eigenvalue weighted by Gasteiger charge is 2.09. The Hall–Kier alpha value is -2.89. The van der Waals surface area contributed by atoms with E-state index in [1.54, 1.807) is 11.3 Å². The van der Waals surface area contributed by atoms with Crippen LogP contribution in [0.2, 0.25) is 0 Å². The van der Waals surface area contributed by atoms with E-state index < -0.39 is 6.03 Å². The van der Waals surface area contributed by atoms with E-state index in [-0.39, 0.29) is 6.54 Å². The molecule has 4 rings (SSSR count). The molecule has 0 radical (unpaired) electrons. The predicted molar refractivity (Wildman–Crippen MR) is 110 cm³/mol. The smallest absolute Gasteiger partial charge is 0.338 e. The highest BCUT2D eigenvalue weighted by Crippen LogP contribution is 2.35. The summed E-state index contributed by atoms with van der Waals surface area (Å²) in [6, 6.07) is 22.6. The number of urea groups is 1. The highest BCUT2D eigenvalue weighted by atomic mass is 32.1. The van der Waals surface area contributed by atoms with Crippen molar-refractivity contribution >= 4 is 37.5 Å². The number of amides is 2. The van der Waals surface area contributed by atoms with E-state index in [0.717, 1.165) is 12.0 Å². The monoisotopic (exact) mass is 376 g/mol. The minimum Gasteiger partial charge on any atom is -0.350 e. The molecule has 0 saturated heterocycles. The molecule has 0 atom stereocenters. The molecule has 0 aliphatic carbocycles. The predicted octanol–water partition coefficient (Wildman–Crippen LogP) is 4.96. The standard InChI is InChI=1S/C22H20N2O2S/c23-22(25)24(26)11-10-16-6-8-18-19-9-7-17(12-15-4-2-1-3-5-15)14-21(19)27-20(18)13-16/h1-9,13-14,26H,10-12H2,(H2,23,25). The van der Waals surface area contributed by atoms with Gasteiger partial charge in [-0.15, -0.1) is 11.3 Å². The van der Waals surface area contributed by atoms with Crippen molar-refractivity contribution < 1.29 is 10.0 Å². The second-order valence-corrected chi connectivity index (χ2v) is 7.72. The molecule has 3 N–H and O–H groups in total. The lowest BCUT2D eigenvalue weighted by Gasteiger charge is -2.11. The number of carbonyl (C=O) groups is 1. The first kappa shape index (κ1) is 17.5. The lowest BCUT2D eigenvalue weighted by molar-refractivity contribution is -0.0382. The van der Waals surface area contributed by atoms with Crippen molar-refractivity contribution in [3.8, 4) is 0 Å². The number of carbonyl (C=O) groups excluding carboxylic acids is 1. The first-order chi connectivity index (χ1) is 13.1. The number of primary amides is 1. The van der Waals surface area contributed by atoms with E-state index in [9.17, 15) is 10.0 Å². The molecule has 0 unspecified atom stereocenters. The lowest BCUT2D eigenvalue weighted by Crippen LogP contribution is -2.34. The molecule has 0 aliphatic heterocycles. The number of hydrogen-bond acceptors (Lipinski definition) is 3.